The van der Waals surface area contributed by atoms with Gasteiger partial charge < -0.3 is 14.4 Å². The van der Waals surface area contributed by atoms with Gasteiger partial charge in [-0.1, -0.05) is 39.8 Å². The third-order valence-corrected chi connectivity index (χ3v) is 6.20. The van der Waals surface area contributed by atoms with Gasteiger partial charge in [-0.25, -0.2) is 4.79 Å². The maximum atomic E-state index is 13.6. The first-order chi connectivity index (χ1) is 14.0. The maximum absolute atomic E-state index is 13.6. The normalized spacial score (nSPS) is 17.0. The molecule has 2 aromatic carbocycles. The van der Waals surface area contributed by atoms with Gasteiger partial charge in [0.2, 0.25) is 0 Å². The van der Waals surface area contributed by atoms with E-state index in [1.54, 1.807) is 19.2 Å². The monoisotopic (exact) mass is 405 g/mol. The van der Waals surface area contributed by atoms with Gasteiger partial charge in [0.05, 0.1) is 18.4 Å². The van der Waals surface area contributed by atoms with Crippen molar-refractivity contribution in [1.29, 1.82) is 0 Å². The van der Waals surface area contributed by atoms with Gasteiger partial charge in [0.25, 0.3) is 0 Å². The van der Waals surface area contributed by atoms with Gasteiger partial charge in [0.15, 0.2) is 5.78 Å². The fraction of sp³-hybridized carbons (Fsp3) is 0.360. The molecule has 0 spiro atoms. The van der Waals surface area contributed by atoms with Crippen LogP contribution in [-0.2, 0) is 12.0 Å². The molecular formula is C25H27NO4. The Balaban J connectivity index is 2.00. The van der Waals surface area contributed by atoms with E-state index in [1.165, 1.54) is 0 Å². The van der Waals surface area contributed by atoms with Gasteiger partial charge >= 0.3 is 5.97 Å². The minimum atomic E-state index is -0.964. The second-order valence-electron chi connectivity index (χ2n) is 9.47. The van der Waals surface area contributed by atoms with E-state index < -0.39 is 11.4 Å². The molecule has 1 heterocycles. The number of fused-ring (bicyclic) bond motifs is 3. The Hall–Kier alpha value is -3.08. The van der Waals surface area contributed by atoms with Crippen molar-refractivity contribution in [3.05, 3.63) is 64.8 Å². The first kappa shape index (κ1) is 20.2. The van der Waals surface area contributed by atoms with Crippen molar-refractivity contribution in [3.63, 3.8) is 0 Å². The SMILES string of the molecule is COc1ccc(Cn2c3c(c4cc(C(=O)O)ccc42)C(C)(C)CC(C)(C)C3=O)cc1. The summed E-state index contributed by atoms with van der Waals surface area (Å²) in [5.74, 6) is -0.0742. The number of benzene rings is 2. The van der Waals surface area contributed by atoms with E-state index >= 15 is 0 Å². The number of hydrogen-bond donors (Lipinski definition) is 1. The van der Waals surface area contributed by atoms with Crippen molar-refractivity contribution >= 4 is 22.7 Å². The van der Waals surface area contributed by atoms with Crippen molar-refractivity contribution in [1.82, 2.24) is 4.57 Å². The number of hydrogen-bond acceptors (Lipinski definition) is 3. The molecule has 0 fully saturated rings. The molecule has 0 saturated heterocycles. The maximum Gasteiger partial charge on any atom is 0.335 e. The molecule has 5 heteroatoms. The highest BCUT2D eigenvalue weighted by Gasteiger charge is 2.46. The number of aromatic nitrogens is 1. The molecule has 0 radical (unpaired) electrons. The summed E-state index contributed by atoms with van der Waals surface area (Å²) in [7, 11) is 1.63. The highest BCUT2D eigenvalue weighted by Crippen LogP contribution is 2.49. The number of aromatic carboxylic acids is 1. The molecule has 1 aliphatic rings. The molecule has 0 aliphatic heterocycles. The zero-order chi connectivity index (χ0) is 21.8. The van der Waals surface area contributed by atoms with E-state index in [4.69, 9.17) is 4.74 Å². The summed E-state index contributed by atoms with van der Waals surface area (Å²) in [5, 5.41) is 10.4. The fourth-order valence-corrected chi connectivity index (χ4v) is 5.08. The van der Waals surface area contributed by atoms with Crippen LogP contribution in [0.5, 0.6) is 5.75 Å². The van der Waals surface area contributed by atoms with Crippen molar-refractivity contribution in [2.75, 3.05) is 7.11 Å². The van der Waals surface area contributed by atoms with Crippen LogP contribution in [0, 0.1) is 5.41 Å². The summed E-state index contributed by atoms with van der Waals surface area (Å²) >= 11 is 0. The molecule has 30 heavy (non-hydrogen) atoms. The second-order valence-corrected chi connectivity index (χ2v) is 9.47. The molecule has 0 unspecified atom stereocenters. The first-order valence-corrected chi connectivity index (χ1v) is 10.1. The number of methoxy groups -OCH3 is 1. The van der Waals surface area contributed by atoms with Crippen LogP contribution in [0.1, 0.15) is 66.1 Å². The highest BCUT2D eigenvalue weighted by atomic mass is 16.5. The van der Waals surface area contributed by atoms with Crippen molar-refractivity contribution < 1.29 is 19.4 Å². The summed E-state index contributed by atoms with van der Waals surface area (Å²) in [6.45, 7) is 8.81. The van der Waals surface area contributed by atoms with E-state index in [-0.39, 0.29) is 16.8 Å². The quantitative estimate of drug-likeness (QED) is 0.641. The molecule has 1 aromatic heterocycles. The van der Waals surface area contributed by atoms with Crippen molar-refractivity contribution in [3.8, 4) is 5.75 Å². The van der Waals surface area contributed by atoms with Crippen LogP contribution < -0.4 is 4.74 Å². The standard InChI is InChI=1S/C25H27NO4/c1-24(2)14-25(3,4)22(27)21-20(24)18-12-16(23(28)29)8-11-19(18)26(21)13-15-6-9-17(30-5)10-7-15/h6-12H,13-14H2,1-5H3,(H,28,29). The van der Waals surface area contributed by atoms with Crippen LogP contribution in [0.2, 0.25) is 0 Å². The van der Waals surface area contributed by atoms with Crippen LogP contribution in [0.4, 0.5) is 0 Å². The van der Waals surface area contributed by atoms with Gasteiger partial charge in [0, 0.05) is 22.9 Å². The lowest BCUT2D eigenvalue weighted by molar-refractivity contribution is 0.0696. The lowest BCUT2D eigenvalue weighted by atomic mass is 9.63. The predicted octanol–water partition coefficient (Wildman–Crippen LogP) is 5.29. The van der Waals surface area contributed by atoms with Gasteiger partial charge in [-0.3, -0.25) is 4.79 Å². The third-order valence-electron chi connectivity index (χ3n) is 6.20. The Labute approximate surface area is 176 Å². The van der Waals surface area contributed by atoms with Gasteiger partial charge in [-0.05, 0) is 53.3 Å². The van der Waals surface area contributed by atoms with E-state index in [1.807, 2.05) is 44.2 Å². The first-order valence-electron chi connectivity index (χ1n) is 10.1. The molecule has 1 N–H and O–H groups in total. The number of carboxylic acid groups (broad SMARTS) is 1. The Bertz CT molecular complexity index is 1170. The average Bonchev–Trinajstić information content (AvgIpc) is 3.00. The topological polar surface area (TPSA) is 68.5 Å². The number of carboxylic acids is 1. The molecule has 0 amide bonds. The minimum Gasteiger partial charge on any atom is -0.497 e. The third kappa shape index (κ3) is 3.09. The predicted molar refractivity (Wildman–Crippen MR) is 117 cm³/mol. The van der Waals surface area contributed by atoms with E-state index in [0.717, 1.165) is 27.8 Å². The summed E-state index contributed by atoms with van der Waals surface area (Å²) in [6, 6.07) is 13.0. The molecular weight excluding hydrogens is 378 g/mol. The molecule has 156 valence electrons. The van der Waals surface area contributed by atoms with E-state index in [0.29, 0.717) is 18.7 Å². The summed E-state index contributed by atoms with van der Waals surface area (Å²) in [5.41, 5.74) is 3.08. The molecule has 0 atom stereocenters. The van der Waals surface area contributed by atoms with E-state index in [9.17, 15) is 14.7 Å². The van der Waals surface area contributed by atoms with Crippen molar-refractivity contribution in [2.24, 2.45) is 5.41 Å². The summed E-state index contributed by atoms with van der Waals surface area (Å²) in [4.78, 5) is 25.2. The number of carbonyl (C=O) groups excluding carboxylic acids is 1. The molecule has 4 rings (SSSR count). The van der Waals surface area contributed by atoms with Gasteiger partial charge in [-0.2, -0.15) is 0 Å². The Morgan fingerprint density at radius 2 is 1.73 bits per heavy atom. The Kier molecular flexibility index (Phi) is 4.53. The van der Waals surface area contributed by atoms with Crippen LogP contribution >= 0.6 is 0 Å². The number of nitrogens with zero attached hydrogens (tertiary/aromatic N) is 1. The summed E-state index contributed by atoms with van der Waals surface area (Å²) < 4.78 is 7.31. The zero-order valence-electron chi connectivity index (χ0n) is 18.1. The second kappa shape index (κ2) is 6.73. The molecule has 3 aromatic rings. The Morgan fingerprint density at radius 1 is 1.07 bits per heavy atom. The number of ether oxygens (including phenoxy) is 1. The van der Waals surface area contributed by atoms with Gasteiger partial charge in [-0.15, -0.1) is 0 Å². The number of ketones is 1. The number of rotatable bonds is 4. The van der Waals surface area contributed by atoms with E-state index in [2.05, 4.69) is 18.4 Å². The number of Topliss-reactive ketones (excluding diaryl/α,β-unsaturated/α-hetero) is 1. The average molecular weight is 405 g/mol. The molecule has 1 aliphatic carbocycles. The molecule has 5 nitrogen and oxygen atoms in total. The lowest BCUT2D eigenvalue weighted by Crippen LogP contribution is -2.40. The van der Waals surface area contributed by atoms with Crippen LogP contribution in [0.15, 0.2) is 42.5 Å². The van der Waals surface area contributed by atoms with Crippen LogP contribution in [0.25, 0.3) is 10.9 Å². The van der Waals surface area contributed by atoms with Gasteiger partial charge in [0.1, 0.15) is 5.75 Å². The highest BCUT2D eigenvalue weighted by molar-refractivity contribution is 6.08. The minimum absolute atomic E-state index is 0.110. The number of carbonyl (C=O) groups is 2. The lowest BCUT2D eigenvalue weighted by Gasteiger charge is -2.40. The van der Waals surface area contributed by atoms with Crippen molar-refractivity contribution in [2.45, 2.75) is 46.1 Å². The smallest absolute Gasteiger partial charge is 0.335 e. The largest absolute Gasteiger partial charge is 0.497 e. The zero-order valence-corrected chi connectivity index (χ0v) is 18.1. The van der Waals surface area contributed by atoms with Crippen LogP contribution in [-0.4, -0.2) is 28.5 Å². The summed E-state index contributed by atoms with van der Waals surface area (Å²) in [6.07, 6.45) is 0.713. The van der Waals surface area contributed by atoms with Crippen LogP contribution in [0.3, 0.4) is 0 Å². The molecule has 0 saturated carbocycles. The fourth-order valence-electron chi connectivity index (χ4n) is 5.08. The molecule has 0 bridgehead atoms. The Morgan fingerprint density at radius 3 is 2.33 bits per heavy atom.